The molecule has 0 bridgehead atoms. The quantitative estimate of drug-likeness (QED) is 0.655. The highest BCUT2D eigenvalue weighted by Crippen LogP contribution is 2.32. The molecule has 15 heavy (non-hydrogen) atoms. The molecule has 4 nitrogen and oxygen atoms in total. The van der Waals surface area contributed by atoms with Crippen LogP contribution >= 0.6 is 15.9 Å². The fourth-order valence-corrected chi connectivity index (χ4v) is 1.68. The molecule has 2 unspecified atom stereocenters. The Morgan fingerprint density at radius 3 is 2.67 bits per heavy atom. The van der Waals surface area contributed by atoms with Gasteiger partial charge in [0.05, 0.1) is 10.6 Å². The Balaban J connectivity index is 2.90. The number of aliphatic hydroxyl groups excluding tert-OH is 2. The predicted octanol–water partition coefficient (Wildman–Crippen LogP) is 0.768. The Bertz CT molecular complexity index is 332. The molecule has 4 N–H and O–H groups in total. The SMILES string of the molecule is CNCC(O)C(O)c1cccc(Br)c1O. The van der Waals surface area contributed by atoms with Crippen LogP contribution in [0.15, 0.2) is 22.7 Å². The van der Waals surface area contributed by atoms with Crippen LogP contribution in [0, 0.1) is 0 Å². The molecule has 1 rings (SSSR count). The molecule has 0 heterocycles. The monoisotopic (exact) mass is 275 g/mol. The minimum Gasteiger partial charge on any atom is -0.506 e. The number of hydrogen-bond acceptors (Lipinski definition) is 4. The van der Waals surface area contributed by atoms with Gasteiger partial charge in [-0.15, -0.1) is 0 Å². The molecule has 0 saturated heterocycles. The number of hydrogen-bond donors (Lipinski definition) is 4. The molecule has 0 fully saturated rings. The maximum Gasteiger partial charge on any atom is 0.135 e. The van der Waals surface area contributed by atoms with E-state index in [2.05, 4.69) is 21.2 Å². The van der Waals surface area contributed by atoms with Gasteiger partial charge in [0.1, 0.15) is 11.9 Å². The van der Waals surface area contributed by atoms with E-state index in [1.165, 1.54) is 0 Å². The van der Waals surface area contributed by atoms with Gasteiger partial charge < -0.3 is 20.6 Å². The van der Waals surface area contributed by atoms with Crippen molar-refractivity contribution in [3.05, 3.63) is 28.2 Å². The molecule has 2 atom stereocenters. The van der Waals surface area contributed by atoms with Crippen LogP contribution in [0.4, 0.5) is 0 Å². The Labute approximate surface area is 96.7 Å². The summed E-state index contributed by atoms with van der Waals surface area (Å²) in [4.78, 5) is 0. The van der Waals surface area contributed by atoms with Crippen LogP contribution in [-0.4, -0.2) is 35.0 Å². The lowest BCUT2D eigenvalue weighted by Crippen LogP contribution is -2.29. The minimum atomic E-state index is -1.10. The maximum atomic E-state index is 9.75. The van der Waals surface area contributed by atoms with Gasteiger partial charge in [-0.2, -0.15) is 0 Å². The number of likely N-dealkylation sites (N-methyl/N-ethyl adjacent to an activating group) is 1. The number of aromatic hydroxyl groups is 1. The van der Waals surface area contributed by atoms with Crippen LogP contribution in [0.3, 0.4) is 0 Å². The number of phenolic OH excluding ortho intramolecular Hbond substituents is 1. The van der Waals surface area contributed by atoms with Crippen molar-refractivity contribution in [2.24, 2.45) is 0 Å². The molecular weight excluding hydrogens is 262 g/mol. The van der Waals surface area contributed by atoms with Crippen LogP contribution in [0.1, 0.15) is 11.7 Å². The van der Waals surface area contributed by atoms with E-state index in [1.54, 1.807) is 25.2 Å². The van der Waals surface area contributed by atoms with Crippen molar-refractivity contribution >= 4 is 15.9 Å². The summed E-state index contributed by atoms with van der Waals surface area (Å²) in [5.74, 6) is -0.0415. The number of para-hydroxylation sites is 1. The Hall–Kier alpha value is -0.620. The smallest absolute Gasteiger partial charge is 0.135 e. The first-order valence-corrected chi connectivity index (χ1v) is 5.35. The highest BCUT2D eigenvalue weighted by Gasteiger charge is 2.21. The van der Waals surface area contributed by atoms with E-state index in [0.717, 1.165) is 0 Å². The molecule has 0 aliphatic heterocycles. The lowest BCUT2D eigenvalue weighted by molar-refractivity contribution is 0.0188. The number of halogens is 1. The van der Waals surface area contributed by atoms with E-state index in [9.17, 15) is 15.3 Å². The summed E-state index contributed by atoms with van der Waals surface area (Å²) in [6.45, 7) is 0.257. The Morgan fingerprint density at radius 2 is 2.07 bits per heavy atom. The van der Waals surface area contributed by atoms with Crippen molar-refractivity contribution in [1.29, 1.82) is 0 Å². The van der Waals surface area contributed by atoms with Crippen LogP contribution in [0.5, 0.6) is 5.75 Å². The van der Waals surface area contributed by atoms with Crippen molar-refractivity contribution in [2.45, 2.75) is 12.2 Å². The van der Waals surface area contributed by atoms with E-state index in [-0.39, 0.29) is 12.3 Å². The molecular formula is C10H14BrNO3. The first-order valence-electron chi connectivity index (χ1n) is 4.56. The fraction of sp³-hybridized carbons (Fsp3) is 0.400. The number of aliphatic hydroxyl groups is 2. The van der Waals surface area contributed by atoms with Crippen LogP contribution in [0.2, 0.25) is 0 Å². The summed E-state index contributed by atoms with van der Waals surface area (Å²) < 4.78 is 0.496. The van der Waals surface area contributed by atoms with Crippen LogP contribution in [0.25, 0.3) is 0 Å². The second-order valence-corrected chi connectivity index (χ2v) is 4.10. The molecule has 5 heteroatoms. The third-order valence-electron chi connectivity index (χ3n) is 2.11. The lowest BCUT2D eigenvalue weighted by atomic mass is 10.0. The van der Waals surface area contributed by atoms with Gasteiger partial charge >= 0.3 is 0 Å². The van der Waals surface area contributed by atoms with Gasteiger partial charge in [0.15, 0.2) is 0 Å². The molecule has 1 aromatic rings. The van der Waals surface area contributed by atoms with E-state index in [4.69, 9.17) is 0 Å². The van der Waals surface area contributed by atoms with Crippen molar-refractivity contribution in [2.75, 3.05) is 13.6 Å². The van der Waals surface area contributed by atoms with Gasteiger partial charge in [0.2, 0.25) is 0 Å². The van der Waals surface area contributed by atoms with Crippen LogP contribution < -0.4 is 5.32 Å². The average Bonchev–Trinajstić information content (AvgIpc) is 2.21. The van der Waals surface area contributed by atoms with E-state index in [1.807, 2.05) is 0 Å². The van der Waals surface area contributed by atoms with Gasteiger partial charge in [-0.05, 0) is 29.0 Å². The number of nitrogens with one attached hydrogen (secondary N) is 1. The van der Waals surface area contributed by atoms with Gasteiger partial charge in [0.25, 0.3) is 0 Å². The second kappa shape index (κ2) is 5.46. The zero-order chi connectivity index (χ0) is 11.4. The summed E-state index contributed by atoms with van der Waals surface area (Å²) in [6, 6.07) is 4.92. The molecule has 0 radical (unpaired) electrons. The first-order chi connectivity index (χ1) is 7.07. The van der Waals surface area contributed by atoms with Gasteiger partial charge in [0, 0.05) is 12.1 Å². The molecule has 0 aromatic heterocycles. The Morgan fingerprint density at radius 1 is 1.40 bits per heavy atom. The summed E-state index contributed by atoms with van der Waals surface area (Å²) in [7, 11) is 1.68. The standard InChI is InChI=1S/C10H14BrNO3/c1-12-5-8(13)10(15)6-3-2-4-7(11)9(6)14/h2-4,8,10,12-15H,5H2,1H3. The number of phenols is 1. The van der Waals surface area contributed by atoms with E-state index >= 15 is 0 Å². The van der Waals surface area contributed by atoms with E-state index in [0.29, 0.717) is 10.0 Å². The maximum absolute atomic E-state index is 9.75. The van der Waals surface area contributed by atoms with Crippen molar-refractivity contribution in [3.8, 4) is 5.75 Å². The normalized spacial score (nSPS) is 14.9. The van der Waals surface area contributed by atoms with Crippen molar-refractivity contribution < 1.29 is 15.3 Å². The molecule has 0 saturated carbocycles. The van der Waals surface area contributed by atoms with Crippen molar-refractivity contribution in [1.82, 2.24) is 5.32 Å². The number of benzene rings is 1. The number of rotatable bonds is 4. The Kier molecular flexibility index (Phi) is 4.53. The highest BCUT2D eigenvalue weighted by atomic mass is 79.9. The highest BCUT2D eigenvalue weighted by molar-refractivity contribution is 9.10. The lowest BCUT2D eigenvalue weighted by Gasteiger charge is -2.19. The average molecular weight is 276 g/mol. The summed E-state index contributed by atoms with van der Waals surface area (Å²) in [5, 5.41) is 31.7. The van der Waals surface area contributed by atoms with Crippen molar-refractivity contribution in [3.63, 3.8) is 0 Å². The third kappa shape index (κ3) is 2.92. The first kappa shape index (κ1) is 12.4. The topological polar surface area (TPSA) is 72.7 Å². The minimum absolute atomic E-state index is 0.0415. The summed E-state index contributed by atoms with van der Waals surface area (Å²) in [5.41, 5.74) is 0.312. The van der Waals surface area contributed by atoms with Gasteiger partial charge in [-0.3, -0.25) is 0 Å². The zero-order valence-electron chi connectivity index (χ0n) is 8.31. The molecule has 1 aromatic carbocycles. The molecule has 0 aliphatic carbocycles. The molecule has 0 aliphatic rings. The van der Waals surface area contributed by atoms with Gasteiger partial charge in [-0.25, -0.2) is 0 Å². The van der Waals surface area contributed by atoms with Crippen LogP contribution in [-0.2, 0) is 0 Å². The summed E-state index contributed by atoms with van der Waals surface area (Å²) in [6.07, 6.45) is -2.05. The zero-order valence-corrected chi connectivity index (χ0v) is 9.90. The fourth-order valence-electron chi connectivity index (χ4n) is 1.30. The van der Waals surface area contributed by atoms with E-state index < -0.39 is 12.2 Å². The summed E-state index contributed by atoms with van der Waals surface area (Å²) >= 11 is 3.14. The largest absolute Gasteiger partial charge is 0.506 e. The molecule has 0 amide bonds. The third-order valence-corrected chi connectivity index (χ3v) is 2.75. The predicted molar refractivity (Wildman–Crippen MR) is 60.7 cm³/mol. The molecule has 84 valence electrons. The second-order valence-electron chi connectivity index (χ2n) is 3.25. The molecule has 0 spiro atoms. The van der Waals surface area contributed by atoms with Gasteiger partial charge in [-0.1, -0.05) is 12.1 Å².